The van der Waals surface area contributed by atoms with Gasteiger partial charge in [0.25, 0.3) is 0 Å². The molecule has 0 aliphatic heterocycles. The summed E-state index contributed by atoms with van der Waals surface area (Å²) in [6.07, 6.45) is 2.50. The highest BCUT2D eigenvalue weighted by Gasteiger charge is 2.48. The minimum Gasteiger partial charge on any atom is -0.368 e. The lowest BCUT2D eigenvalue weighted by Crippen LogP contribution is -2.37. The normalized spacial score (nSPS) is 21.8. The van der Waals surface area contributed by atoms with Crippen LogP contribution in [0.2, 0.25) is 0 Å². The van der Waals surface area contributed by atoms with Gasteiger partial charge in [0.05, 0.1) is 6.07 Å². The van der Waals surface area contributed by atoms with Gasteiger partial charge in [0.15, 0.2) is 0 Å². The van der Waals surface area contributed by atoms with Gasteiger partial charge >= 0.3 is 0 Å². The molecule has 1 aliphatic rings. The lowest BCUT2D eigenvalue weighted by molar-refractivity contribution is -0.125. The van der Waals surface area contributed by atoms with Gasteiger partial charge in [-0.25, -0.2) is 0 Å². The van der Waals surface area contributed by atoms with Crippen molar-refractivity contribution >= 4 is 5.91 Å². The highest BCUT2D eigenvalue weighted by atomic mass is 16.1. The van der Waals surface area contributed by atoms with Crippen LogP contribution in [0.15, 0.2) is 0 Å². The SMILES string of the molecule is CCC(C#N)(C(N)=O)C1CC1. The molecule has 11 heavy (non-hydrogen) atoms. The standard InChI is InChI=1S/C8H12N2O/c1-2-8(5-9,7(10)11)6-3-4-6/h6H,2-4H2,1H3,(H2,10,11). The van der Waals surface area contributed by atoms with Crippen molar-refractivity contribution in [3.05, 3.63) is 0 Å². The molecule has 0 bridgehead atoms. The zero-order chi connectivity index (χ0) is 8.48. The van der Waals surface area contributed by atoms with Gasteiger partial charge in [-0.1, -0.05) is 6.92 Å². The van der Waals surface area contributed by atoms with Crippen LogP contribution in [0, 0.1) is 22.7 Å². The molecule has 1 unspecified atom stereocenters. The molecule has 3 nitrogen and oxygen atoms in total. The molecule has 60 valence electrons. The van der Waals surface area contributed by atoms with Crippen molar-refractivity contribution in [2.45, 2.75) is 26.2 Å². The Labute approximate surface area is 66.2 Å². The average molecular weight is 152 g/mol. The summed E-state index contributed by atoms with van der Waals surface area (Å²) in [5.41, 5.74) is 4.31. The zero-order valence-electron chi connectivity index (χ0n) is 6.63. The number of primary amides is 1. The molecular weight excluding hydrogens is 140 g/mol. The van der Waals surface area contributed by atoms with E-state index in [1.54, 1.807) is 0 Å². The fourth-order valence-corrected chi connectivity index (χ4v) is 1.47. The maximum atomic E-state index is 11.0. The Morgan fingerprint density at radius 1 is 1.82 bits per heavy atom. The van der Waals surface area contributed by atoms with Crippen molar-refractivity contribution in [2.24, 2.45) is 17.1 Å². The summed E-state index contributed by atoms with van der Waals surface area (Å²) in [5, 5.41) is 8.81. The fraction of sp³-hybridized carbons (Fsp3) is 0.750. The quantitative estimate of drug-likeness (QED) is 0.650. The van der Waals surface area contributed by atoms with Crippen LogP contribution in [-0.2, 0) is 4.79 Å². The number of nitrogens with zero attached hydrogens (tertiary/aromatic N) is 1. The molecule has 3 heteroatoms. The number of nitriles is 1. The van der Waals surface area contributed by atoms with Crippen LogP contribution >= 0.6 is 0 Å². The Balaban J connectivity index is 2.85. The van der Waals surface area contributed by atoms with E-state index in [1.807, 2.05) is 6.92 Å². The third-order valence-corrected chi connectivity index (χ3v) is 2.47. The molecule has 0 aromatic carbocycles. The number of nitrogens with two attached hydrogens (primary N) is 1. The van der Waals surface area contributed by atoms with Crippen molar-refractivity contribution in [3.8, 4) is 6.07 Å². The molecule has 0 spiro atoms. The first-order valence-electron chi connectivity index (χ1n) is 3.88. The van der Waals surface area contributed by atoms with Gasteiger partial charge in [0.1, 0.15) is 5.41 Å². The van der Waals surface area contributed by atoms with E-state index >= 15 is 0 Å². The number of amides is 1. The first kappa shape index (κ1) is 8.06. The summed E-state index contributed by atoms with van der Waals surface area (Å²) in [6.45, 7) is 1.84. The zero-order valence-corrected chi connectivity index (χ0v) is 6.63. The Morgan fingerprint density at radius 2 is 2.36 bits per heavy atom. The lowest BCUT2D eigenvalue weighted by Gasteiger charge is -2.19. The fourth-order valence-electron chi connectivity index (χ4n) is 1.47. The average Bonchev–Trinajstić information content (AvgIpc) is 2.74. The van der Waals surface area contributed by atoms with Gasteiger partial charge in [-0.3, -0.25) is 4.79 Å². The molecule has 1 fully saturated rings. The van der Waals surface area contributed by atoms with E-state index in [0.717, 1.165) is 12.8 Å². The molecule has 1 atom stereocenters. The second kappa shape index (κ2) is 2.54. The molecule has 0 radical (unpaired) electrons. The maximum Gasteiger partial charge on any atom is 0.238 e. The largest absolute Gasteiger partial charge is 0.368 e. The van der Waals surface area contributed by atoms with Crippen molar-refractivity contribution in [2.75, 3.05) is 0 Å². The molecule has 0 saturated heterocycles. The molecule has 0 heterocycles. The summed E-state index contributed by atoms with van der Waals surface area (Å²) in [5.74, 6) is -0.222. The van der Waals surface area contributed by atoms with Crippen LogP contribution in [0.1, 0.15) is 26.2 Å². The monoisotopic (exact) mass is 152 g/mol. The summed E-state index contributed by atoms with van der Waals surface area (Å²) >= 11 is 0. The van der Waals surface area contributed by atoms with E-state index < -0.39 is 11.3 Å². The van der Waals surface area contributed by atoms with Gasteiger partial charge in [0, 0.05) is 0 Å². The van der Waals surface area contributed by atoms with Crippen molar-refractivity contribution in [3.63, 3.8) is 0 Å². The third kappa shape index (κ3) is 1.09. The van der Waals surface area contributed by atoms with E-state index in [1.165, 1.54) is 0 Å². The van der Waals surface area contributed by atoms with Gasteiger partial charge < -0.3 is 5.73 Å². The van der Waals surface area contributed by atoms with Crippen LogP contribution in [-0.4, -0.2) is 5.91 Å². The highest BCUT2D eigenvalue weighted by molar-refractivity contribution is 5.84. The van der Waals surface area contributed by atoms with Crippen LogP contribution in [0.3, 0.4) is 0 Å². The van der Waals surface area contributed by atoms with Gasteiger partial charge in [0.2, 0.25) is 5.91 Å². The number of hydrogen-bond acceptors (Lipinski definition) is 2. The molecular formula is C8H12N2O. The van der Waals surface area contributed by atoms with E-state index in [9.17, 15) is 4.79 Å². The molecule has 1 saturated carbocycles. The highest BCUT2D eigenvalue weighted by Crippen LogP contribution is 2.47. The van der Waals surface area contributed by atoms with E-state index in [0.29, 0.717) is 6.42 Å². The van der Waals surface area contributed by atoms with Crippen LogP contribution in [0.25, 0.3) is 0 Å². The van der Waals surface area contributed by atoms with Crippen molar-refractivity contribution in [1.82, 2.24) is 0 Å². The minimum atomic E-state index is -0.861. The molecule has 0 aromatic rings. The Kier molecular flexibility index (Phi) is 1.86. The summed E-state index contributed by atoms with van der Waals surface area (Å²) in [7, 11) is 0. The molecule has 1 amide bonds. The number of carbonyl (C=O) groups is 1. The van der Waals surface area contributed by atoms with E-state index in [2.05, 4.69) is 6.07 Å². The van der Waals surface area contributed by atoms with Crippen LogP contribution in [0.5, 0.6) is 0 Å². The van der Waals surface area contributed by atoms with Crippen molar-refractivity contribution in [1.29, 1.82) is 5.26 Å². The van der Waals surface area contributed by atoms with Gasteiger partial charge in [-0.2, -0.15) is 5.26 Å². The lowest BCUT2D eigenvalue weighted by atomic mass is 9.81. The Morgan fingerprint density at radius 3 is 2.45 bits per heavy atom. The Hall–Kier alpha value is -1.04. The predicted octanol–water partition coefficient (Wildman–Crippen LogP) is 0.802. The predicted molar refractivity (Wildman–Crippen MR) is 40.3 cm³/mol. The molecule has 2 N–H and O–H groups in total. The smallest absolute Gasteiger partial charge is 0.238 e. The van der Waals surface area contributed by atoms with E-state index in [4.69, 9.17) is 11.0 Å². The maximum absolute atomic E-state index is 11.0. The summed E-state index contributed by atoms with van der Waals surface area (Å²) in [6, 6.07) is 2.05. The number of rotatable bonds is 3. The van der Waals surface area contributed by atoms with Crippen LogP contribution < -0.4 is 5.73 Å². The first-order valence-corrected chi connectivity index (χ1v) is 3.88. The van der Waals surface area contributed by atoms with E-state index in [-0.39, 0.29) is 5.92 Å². The van der Waals surface area contributed by atoms with Gasteiger partial charge in [-0.15, -0.1) is 0 Å². The Bertz CT molecular complexity index is 215. The summed E-state index contributed by atoms with van der Waals surface area (Å²) < 4.78 is 0. The van der Waals surface area contributed by atoms with Crippen LogP contribution in [0.4, 0.5) is 0 Å². The second-order valence-electron chi connectivity index (χ2n) is 3.08. The van der Waals surface area contributed by atoms with Crippen molar-refractivity contribution < 1.29 is 4.79 Å². The third-order valence-electron chi connectivity index (χ3n) is 2.47. The molecule has 0 aromatic heterocycles. The second-order valence-corrected chi connectivity index (χ2v) is 3.08. The summed E-state index contributed by atoms with van der Waals surface area (Å²) in [4.78, 5) is 11.0. The minimum absolute atomic E-state index is 0.231. The van der Waals surface area contributed by atoms with Gasteiger partial charge in [-0.05, 0) is 25.2 Å². The topological polar surface area (TPSA) is 66.9 Å². The number of hydrogen-bond donors (Lipinski definition) is 1. The molecule has 1 rings (SSSR count). The molecule has 1 aliphatic carbocycles. The number of carbonyl (C=O) groups excluding carboxylic acids is 1. The first-order chi connectivity index (χ1) is 5.17.